The summed E-state index contributed by atoms with van der Waals surface area (Å²) >= 11 is 0. The molecule has 0 fully saturated rings. The average molecular weight is 495 g/mol. The third-order valence-electron chi connectivity index (χ3n) is 7.00. The summed E-state index contributed by atoms with van der Waals surface area (Å²) in [7, 11) is -2.16. The van der Waals surface area contributed by atoms with Crippen LogP contribution in [-0.4, -0.2) is 36.8 Å². The Morgan fingerprint density at radius 1 is 1.09 bits per heavy atom. The van der Waals surface area contributed by atoms with E-state index in [9.17, 15) is 14.7 Å². The monoisotopic (exact) mass is 494 g/mol. The van der Waals surface area contributed by atoms with Crippen LogP contribution >= 0.6 is 0 Å². The van der Waals surface area contributed by atoms with Crippen LogP contribution in [0, 0.1) is 0 Å². The number of pyridine rings is 1. The molecule has 0 aliphatic rings. The lowest BCUT2D eigenvalue weighted by Crippen LogP contribution is -2.47. The molecule has 3 N–H and O–H groups in total. The summed E-state index contributed by atoms with van der Waals surface area (Å²) in [5, 5.41) is 14.9. The van der Waals surface area contributed by atoms with Crippen molar-refractivity contribution in [2.75, 3.05) is 6.54 Å². The van der Waals surface area contributed by atoms with Crippen molar-refractivity contribution in [3.05, 3.63) is 75.6 Å². The van der Waals surface area contributed by atoms with Gasteiger partial charge in [0.1, 0.15) is 12.0 Å². The molecule has 0 aliphatic heterocycles. The molecule has 0 aliphatic carbocycles. The van der Waals surface area contributed by atoms with E-state index in [2.05, 4.69) is 58.0 Å². The number of phenolic OH excluding ortho intramolecular Hbond substituents is 1. The Morgan fingerprint density at radius 3 is 2.46 bits per heavy atom. The highest BCUT2D eigenvalue weighted by Crippen LogP contribution is 2.41. The smallest absolute Gasteiger partial charge is 0.248 e. The SMILES string of the molecule is CC(C)(Cc1cccc(C=O)c1)NCC(O[Si](C)(C)C(C)(C)C)c1ccc(O)c2[nH]c(=O)ccc12. The molecular weight excluding hydrogens is 456 g/mol. The van der Waals surface area contributed by atoms with Gasteiger partial charge in [0.25, 0.3) is 0 Å². The van der Waals surface area contributed by atoms with Crippen LogP contribution in [0.3, 0.4) is 0 Å². The molecule has 1 heterocycles. The van der Waals surface area contributed by atoms with Crippen molar-refractivity contribution < 1.29 is 14.3 Å². The number of aromatic hydroxyl groups is 1. The molecule has 3 rings (SSSR count). The maximum Gasteiger partial charge on any atom is 0.248 e. The second-order valence-corrected chi connectivity index (χ2v) is 16.2. The number of benzene rings is 2. The number of aromatic nitrogens is 1. The normalized spacial score (nSPS) is 13.7. The maximum atomic E-state index is 11.9. The van der Waals surface area contributed by atoms with Gasteiger partial charge in [-0.15, -0.1) is 0 Å². The summed E-state index contributed by atoms with van der Waals surface area (Å²) in [5.74, 6) is 0.0378. The standard InChI is InChI=1S/C28H38N2O4Si/c1-27(2,3)35(6,7)34-24(21-11-13-23(32)26-22(21)12-14-25(33)30-26)17-29-28(4,5)16-19-9-8-10-20(15-19)18-31/h8-15,18,24,29,32H,16-17H2,1-7H3,(H,30,33). The highest BCUT2D eigenvalue weighted by atomic mass is 28.4. The Labute approximate surface area is 208 Å². The van der Waals surface area contributed by atoms with Crippen LogP contribution in [-0.2, 0) is 10.8 Å². The average Bonchev–Trinajstić information content (AvgIpc) is 2.76. The van der Waals surface area contributed by atoms with E-state index in [1.54, 1.807) is 18.2 Å². The molecule has 0 amide bonds. The summed E-state index contributed by atoms with van der Waals surface area (Å²) in [5.41, 5.74) is 2.57. The highest BCUT2D eigenvalue weighted by Gasteiger charge is 2.40. The molecule has 0 saturated carbocycles. The fourth-order valence-corrected chi connectivity index (χ4v) is 5.28. The lowest BCUT2D eigenvalue weighted by molar-refractivity contribution is 0.112. The zero-order valence-electron chi connectivity index (χ0n) is 21.9. The second kappa shape index (κ2) is 10.1. The van der Waals surface area contributed by atoms with Crippen LogP contribution in [0.5, 0.6) is 5.75 Å². The van der Waals surface area contributed by atoms with E-state index in [4.69, 9.17) is 4.43 Å². The predicted octanol–water partition coefficient (Wildman–Crippen LogP) is 5.72. The van der Waals surface area contributed by atoms with Gasteiger partial charge in [-0.2, -0.15) is 0 Å². The van der Waals surface area contributed by atoms with Gasteiger partial charge in [-0.05, 0) is 67.7 Å². The van der Waals surface area contributed by atoms with Gasteiger partial charge >= 0.3 is 0 Å². The number of hydrogen-bond acceptors (Lipinski definition) is 5. The molecule has 0 spiro atoms. The van der Waals surface area contributed by atoms with Gasteiger partial charge in [0, 0.05) is 29.1 Å². The number of phenols is 1. The minimum Gasteiger partial charge on any atom is -0.506 e. The van der Waals surface area contributed by atoms with Crippen LogP contribution in [0.4, 0.5) is 0 Å². The quantitative estimate of drug-likeness (QED) is 0.261. The molecule has 1 unspecified atom stereocenters. The molecule has 6 nitrogen and oxygen atoms in total. The van der Waals surface area contributed by atoms with E-state index in [0.29, 0.717) is 17.6 Å². The van der Waals surface area contributed by atoms with Crippen LogP contribution in [0.15, 0.2) is 53.3 Å². The highest BCUT2D eigenvalue weighted by molar-refractivity contribution is 6.74. The van der Waals surface area contributed by atoms with Crippen molar-refractivity contribution in [3.8, 4) is 5.75 Å². The largest absolute Gasteiger partial charge is 0.506 e. The number of aromatic amines is 1. The molecule has 0 bridgehead atoms. The first kappa shape index (κ1) is 26.9. The summed E-state index contributed by atoms with van der Waals surface area (Å²) in [6.45, 7) is 15.9. The fourth-order valence-electron chi connectivity index (χ4n) is 4.01. The van der Waals surface area contributed by atoms with Crippen molar-refractivity contribution in [1.82, 2.24) is 10.3 Å². The molecule has 35 heavy (non-hydrogen) atoms. The van der Waals surface area contributed by atoms with Crippen molar-refractivity contribution in [1.29, 1.82) is 0 Å². The Balaban J connectivity index is 1.95. The second-order valence-electron chi connectivity index (χ2n) is 11.5. The number of carbonyl (C=O) groups is 1. The zero-order valence-corrected chi connectivity index (χ0v) is 22.9. The molecule has 1 atom stereocenters. The number of aldehydes is 1. The Bertz CT molecular complexity index is 1260. The maximum absolute atomic E-state index is 11.9. The molecule has 2 aromatic carbocycles. The van der Waals surface area contributed by atoms with E-state index in [-0.39, 0.29) is 28.0 Å². The number of hydrogen-bond donors (Lipinski definition) is 3. The van der Waals surface area contributed by atoms with E-state index < -0.39 is 8.32 Å². The van der Waals surface area contributed by atoms with Gasteiger partial charge < -0.3 is 19.8 Å². The minimum absolute atomic E-state index is 0.0110. The molecule has 1 aromatic heterocycles. The Morgan fingerprint density at radius 2 is 1.80 bits per heavy atom. The van der Waals surface area contributed by atoms with Crippen molar-refractivity contribution in [2.24, 2.45) is 0 Å². The third kappa shape index (κ3) is 6.48. The number of carbonyl (C=O) groups excluding carboxylic acids is 1. The molecule has 3 aromatic rings. The fraction of sp³-hybridized carbons (Fsp3) is 0.429. The van der Waals surface area contributed by atoms with Crippen LogP contribution in [0.1, 0.15) is 62.2 Å². The lowest BCUT2D eigenvalue weighted by atomic mass is 9.93. The van der Waals surface area contributed by atoms with Crippen LogP contribution in [0.2, 0.25) is 18.1 Å². The lowest BCUT2D eigenvalue weighted by Gasteiger charge is -2.40. The molecule has 0 radical (unpaired) electrons. The predicted molar refractivity (Wildman–Crippen MR) is 145 cm³/mol. The van der Waals surface area contributed by atoms with E-state index in [1.807, 2.05) is 24.3 Å². The van der Waals surface area contributed by atoms with E-state index in [0.717, 1.165) is 29.2 Å². The van der Waals surface area contributed by atoms with Crippen molar-refractivity contribution in [3.63, 3.8) is 0 Å². The Kier molecular flexibility index (Phi) is 7.74. The minimum atomic E-state index is -2.16. The zero-order chi connectivity index (χ0) is 26.0. The molecule has 188 valence electrons. The van der Waals surface area contributed by atoms with Crippen LogP contribution < -0.4 is 10.9 Å². The van der Waals surface area contributed by atoms with Gasteiger partial charge in [-0.3, -0.25) is 9.59 Å². The summed E-state index contributed by atoms with van der Waals surface area (Å²) < 4.78 is 6.91. The topological polar surface area (TPSA) is 91.4 Å². The van der Waals surface area contributed by atoms with Gasteiger partial charge in [0.15, 0.2) is 8.32 Å². The van der Waals surface area contributed by atoms with Crippen molar-refractivity contribution in [2.45, 2.75) is 70.8 Å². The first-order valence-corrected chi connectivity index (χ1v) is 15.0. The molecule has 7 heteroatoms. The van der Waals surface area contributed by atoms with Crippen LogP contribution in [0.25, 0.3) is 10.9 Å². The van der Waals surface area contributed by atoms with Gasteiger partial charge in [-0.1, -0.05) is 45.0 Å². The molecule has 0 saturated heterocycles. The van der Waals surface area contributed by atoms with E-state index in [1.165, 1.54) is 6.07 Å². The van der Waals surface area contributed by atoms with Gasteiger partial charge in [0.2, 0.25) is 5.56 Å². The first-order chi connectivity index (χ1) is 16.2. The van der Waals surface area contributed by atoms with E-state index >= 15 is 0 Å². The van der Waals surface area contributed by atoms with Gasteiger partial charge in [0.05, 0.1) is 11.6 Å². The van der Waals surface area contributed by atoms with Gasteiger partial charge in [-0.25, -0.2) is 0 Å². The third-order valence-corrected chi connectivity index (χ3v) is 11.5. The number of nitrogens with one attached hydrogen (secondary N) is 2. The first-order valence-electron chi connectivity index (χ1n) is 12.0. The molecular formula is C28H38N2O4Si. The summed E-state index contributed by atoms with van der Waals surface area (Å²) in [6.07, 6.45) is 1.32. The number of fused-ring (bicyclic) bond motifs is 1. The summed E-state index contributed by atoms with van der Waals surface area (Å²) in [6, 6.07) is 14.4. The summed E-state index contributed by atoms with van der Waals surface area (Å²) in [4.78, 5) is 25.9. The number of rotatable bonds is 9. The number of H-pyrrole nitrogens is 1. The Hall–Kier alpha value is -2.74. The van der Waals surface area contributed by atoms with Crippen molar-refractivity contribution >= 4 is 25.5 Å².